The Kier molecular flexibility index (Phi) is 4.14. The lowest BCUT2D eigenvalue weighted by molar-refractivity contribution is -0.143. The summed E-state index contributed by atoms with van der Waals surface area (Å²) in [5.41, 5.74) is 1.16. The van der Waals surface area contributed by atoms with Crippen LogP contribution < -0.4 is 5.32 Å². The summed E-state index contributed by atoms with van der Waals surface area (Å²) in [5.74, 6) is -1.30. The van der Waals surface area contributed by atoms with E-state index in [1.54, 1.807) is 13.8 Å². The number of rotatable bonds is 4. The van der Waals surface area contributed by atoms with Crippen molar-refractivity contribution in [2.24, 2.45) is 5.92 Å². The maximum absolute atomic E-state index is 12.1. The van der Waals surface area contributed by atoms with Gasteiger partial charge in [-0.3, -0.25) is 4.79 Å². The molecule has 0 aliphatic carbocycles. The van der Waals surface area contributed by atoms with Gasteiger partial charge in [-0.2, -0.15) is 0 Å². The van der Waals surface area contributed by atoms with E-state index in [2.05, 4.69) is 5.32 Å². The minimum Gasteiger partial charge on any atom is -0.480 e. The van der Waals surface area contributed by atoms with Crippen LogP contribution in [-0.4, -0.2) is 28.3 Å². The molecule has 2 rings (SSSR count). The van der Waals surface area contributed by atoms with Gasteiger partial charge in [0.05, 0.1) is 5.25 Å². The highest BCUT2D eigenvalue weighted by atomic mass is 32.2. The van der Waals surface area contributed by atoms with Gasteiger partial charge in [-0.15, -0.1) is 11.8 Å². The van der Waals surface area contributed by atoms with Crippen LogP contribution in [0.2, 0.25) is 0 Å². The summed E-state index contributed by atoms with van der Waals surface area (Å²) in [6, 6.07) is 7.07. The summed E-state index contributed by atoms with van der Waals surface area (Å²) in [7, 11) is 0. The first-order valence-electron chi connectivity index (χ1n) is 6.26. The smallest absolute Gasteiger partial charge is 0.326 e. The quantitative estimate of drug-likeness (QED) is 0.884. The second-order valence-electron chi connectivity index (χ2n) is 4.99. The second kappa shape index (κ2) is 5.65. The van der Waals surface area contributed by atoms with E-state index in [0.29, 0.717) is 6.42 Å². The number of hydrogen-bond donors (Lipinski definition) is 2. The van der Waals surface area contributed by atoms with Gasteiger partial charge in [-0.1, -0.05) is 32.0 Å². The van der Waals surface area contributed by atoms with Crippen molar-refractivity contribution in [2.75, 3.05) is 0 Å². The van der Waals surface area contributed by atoms with Crippen molar-refractivity contribution in [3.05, 3.63) is 29.8 Å². The molecule has 1 aromatic carbocycles. The Morgan fingerprint density at radius 3 is 2.63 bits per heavy atom. The summed E-state index contributed by atoms with van der Waals surface area (Å²) in [6.07, 6.45) is 0.664. The number of carbonyl (C=O) groups excluding carboxylic acids is 1. The molecule has 0 aromatic heterocycles. The molecule has 1 amide bonds. The molecule has 5 heteroatoms. The zero-order valence-corrected chi connectivity index (χ0v) is 11.7. The number of nitrogens with one attached hydrogen (secondary N) is 1. The largest absolute Gasteiger partial charge is 0.480 e. The molecular weight excluding hydrogens is 262 g/mol. The molecule has 1 aliphatic rings. The molecule has 4 nitrogen and oxygen atoms in total. The number of fused-ring (bicyclic) bond motifs is 1. The van der Waals surface area contributed by atoms with Crippen molar-refractivity contribution >= 4 is 23.6 Å². The zero-order chi connectivity index (χ0) is 14.0. The first kappa shape index (κ1) is 13.9. The fourth-order valence-electron chi connectivity index (χ4n) is 2.09. The summed E-state index contributed by atoms with van der Waals surface area (Å²) in [4.78, 5) is 24.3. The molecule has 1 aliphatic heterocycles. The Balaban J connectivity index is 2.01. The molecule has 0 saturated carbocycles. The van der Waals surface area contributed by atoms with Gasteiger partial charge in [0.15, 0.2) is 0 Å². The number of aliphatic carboxylic acids is 1. The minimum absolute atomic E-state index is 0.129. The first-order chi connectivity index (χ1) is 8.99. The van der Waals surface area contributed by atoms with Gasteiger partial charge in [-0.25, -0.2) is 4.79 Å². The van der Waals surface area contributed by atoms with Crippen LogP contribution in [-0.2, 0) is 16.0 Å². The molecular formula is C14H17NO3S. The van der Waals surface area contributed by atoms with Crippen LogP contribution in [0, 0.1) is 5.92 Å². The van der Waals surface area contributed by atoms with E-state index < -0.39 is 12.0 Å². The standard InChI is InChI=1S/C14H17NO3S/c1-8(2)12(14(17)18)15-13(16)11-7-9-5-3-4-6-10(9)19-11/h3-6,8,11-12H,7H2,1-2H3,(H,15,16)(H,17,18). The average Bonchev–Trinajstić information content (AvgIpc) is 2.78. The molecule has 102 valence electrons. The lowest BCUT2D eigenvalue weighted by Crippen LogP contribution is -2.47. The van der Waals surface area contributed by atoms with Crippen molar-refractivity contribution in [1.82, 2.24) is 5.32 Å². The Hall–Kier alpha value is -1.49. The number of carboxylic acids is 1. The van der Waals surface area contributed by atoms with E-state index in [1.165, 1.54) is 11.8 Å². The van der Waals surface area contributed by atoms with E-state index in [1.807, 2.05) is 24.3 Å². The normalized spacial score (nSPS) is 19.0. The molecule has 0 radical (unpaired) electrons. The van der Waals surface area contributed by atoms with Crippen LogP contribution in [0.1, 0.15) is 19.4 Å². The Morgan fingerprint density at radius 1 is 1.37 bits per heavy atom. The van der Waals surface area contributed by atoms with Crippen molar-refractivity contribution in [2.45, 2.75) is 36.5 Å². The molecule has 2 atom stereocenters. The van der Waals surface area contributed by atoms with Crippen LogP contribution in [0.25, 0.3) is 0 Å². The predicted molar refractivity (Wildman–Crippen MR) is 74.2 cm³/mol. The van der Waals surface area contributed by atoms with E-state index in [9.17, 15) is 9.59 Å². The third-order valence-electron chi connectivity index (χ3n) is 3.17. The molecule has 1 heterocycles. The molecule has 0 bridgehead atoms. The Morgan fingerprint density at radius 2 is 2.05 bits per heavy atom. The number of thioether (sulfide) groups is 1. The lowest BCUT2D eigenvalue weighted by atomic mass is 10.0. The number of carbonyl (C=O) groups is 2. The molecule has 0 spiro atoms. The van der Waals surface area contributed by atoms with Crippen molar-refractivity contribution < 1.29 is 14.7 Å². The van der Waals surface area contributed by atoms with Crippen molar-refractivity contribution in [1.29, 1.82) is 0 Å². The Bertz CT molecular complexity index is 476. The SMILES string of the molecule is CC(C)C(NC(=O)C1Cc2ccccc2S1)C(=O)O. The number of benzene rings is 1. The fourth-order valence-corrected chi connectivity index (χ4v) is 3.29. The third kappa shape index (κ3) is 3.10. The van der Waals surface area contributed by atoms with Gasteiger partial charge in [0, 0.05) is 4.90 Å². The lowest BCUT2D eigenvalue weighted by Gasteiger charge is -2.19. The second-order valence-corrected chi connectivity index (χ2v) is 6.23. The molecule has 2 unspecified atom stereocenters. The minimum atomic E-state index is -0.983. The zero-order valence-electron chi connectivity index (χ0n) is 10.9. The highest BCUT2D eigenvalue weighted by Gasteiger charge is 2.31. The molecule has 0 fully saturated rings. The van der Waals surface area contributed by atoms with E-state index in [-0.39, 0.29) is 17.1 Å². The van der Waals surface area contributed by atoms with E-state index >= 15 is 0 Å². The highest BCUT2D eigenvalue weighted by molar-refractivity contribution is 8.01. The van der Waals surface area contributed by atoms with E-state index in [4.69, 9.17) is 5.11 Å². The van der Waals surface area contributed by atoms with Crippen LogP contribution in [0.5, 0.6) is 0 Å². The summed E-state index contributed by atoms with van der Waals surface area (Å²) in [5, 5.41) is 11.5. The van der Waals surface area contributed by atoms with Crippen LogP contribution in [0.15, 0.2) is 29.2 Å². The predicted octanol–water partition coefficient (Wildman–Crippen LogP) is 1.93. The fraction of sp³-hybridized carbons (Fsp3) is 0.429. The van der Waals surface area contributed by atoms with Crippen LogP contribution in [0.3, 0.4) is 0 Å². The van der Waals surface area contributed by atoms with E-state index in [0.717, 1.165) is 10.5 Å². The van der Waals surface area contributed by atoms with Gasteiger partial charge >= 0.3 is 5.97 Å². The summed E-state index contributed by atoms with van der Waals surface area (Å²) >= 11 is 1.50. The van der Waals surface area contributed by atoms with Gasteiger partial charge in [-0.05, 0) is 24.0 Å². The monoisotopic (exact) mass is 279 g/mol. The first-order valence-corrected chi connectivity index (χ1v) is 7.14. The molecule has 1 aromatic rings. The Labute approximate surface area is 116 Å². The van der Waals surface area contributed by atoms with Gasteiger partial charge in [0.2, 0.25) is 5.91 Å². The van der Waals surface area contributed by atoms with Crippen LogP contribution in [0.4, 0.5) is 0 Å². The maximum Gasteiger partial charge on any atom is 0.326 e. The molecule has 2 N–H and O–H groups in total. The van der Waals surface area contributed by atoms with Gasteiger partial charge < -0.3 is 10.4 Å². The van der Waals surface area contributed by atoms with Gasteiger partial charge in [0.1, 0.15) is 6.04 Å². The number of amides is 1. The third-order valence-corrected chi connectivity index (χ3v) is 4.49. The van der Waals surface area contributed by atoms with Crippen molar-refractivity contribution in [3.63, 3.8) is 0 Å². The molecule has 19 heavy (non-hydrogen) atoms. The average molecular weight is 279 g/mol. The van der Waals surface area contributed by atoms with Crippen molar-refractivity contribution in [3.8, 4) is 0 Å². The maximum atomic E-state index is 12.1. The topological polar surface area (TPSA) is 66.4 Å². The highest BCUT2D eigenvalue weighted by Crippen LogP contribution is 2.36. The molecule has 0 saturated heterocycles. The van der Waals surface area contributed by atoms with Crippen LogP contribution >= 0.6 is 11.8 Å². The van der Waals surface area contributed by atoms with Gasteiger partial charge in [0.25, 0.3) is 0 Å². The number of carboxylic acid groups (broad SMARTS) is 1. The summed E-state index contributed by atoms with van der Waals surface area (Å²) in [6.45, 7) is 3.57. The number of hydrogen-bond acceptors (Lipinski definition) is 3. The summed E-state index contributed by atoms with van der Waals surface area (Å²) < 4.78 is 0.